The normalized spacial score (nSPS) is 10.9. The monoisotopic (exact) mass is 328 g/mol. The molecule has 0 unspecified atom stereocenters. The van der Waals surface area contributed by atoms with Crippen LogP contribution in [0.2, 0.25) is 0 Å². The van der Waals surface area contributed by atoms with Crippen LogP contribution in [-0.4, -0.2) is 20.4 Å². The van der Waals surface area contributed by atoms with Crippen LogP contribution in [0.25, 0.3) is 11.2 Å². The highest BCUT2D eigenvalue weighted by Gasteiger charge is 2.06. The van der Waals surface area contributed by atoms with Gasteiger partial charge in [0.15, 0.2) is 10.4 Å². The molecule has 7 heteroatoms. The first-order valence-electron chi connectivity index (χ1n) is 5.60. The molecular weight excluding hydrogens is 316 g/mol. The predicted molar refractivity (Wildman–Crippen MR) is 75.7 cm³/mol. The molecule has 0 aliphatic heterocycles. The smallest absolute Gasteiger partial charge is 0.217 e. The number of pyridine rings is 1. The van der Waals surface area contributed by atoms with Crippen molar-refractivity contribution in [2.24, 2.45) is 5.73 Å². The lowest BCUT2D eigenvalue weighted by molar-refractivity contribution is -0.118. The maximum Gasteiger partial charge on any atom is 0.217 e. The Morgan fingerprint density at radius 2 is 2.33 bits per heavy atom. The van der Waals surface area contributed by atoms with Gasteiger partial charge in [0.05, 0.1) is 5.52 Å². The Morgan fingerprint density at radius 3 is 3.06 bits per heavy atom. The highest BCUT2D eigenvalue weighted by molar-refractivity contribution is 9.10. The molecule has 0 bridgehead atoms. The number of nitrogens with zero attached hydrogens (tertiary/aromatic N) is 2. The summed E-state index contributed by atoms with van der Waals surface area (Å²) < 4.78 is 3.50. The number of nitrogens with one attached hydrogen (secondary N) is 1. The maximum atomic E-state index is 10.6. The van der Waals surface area contributed by atoms with E-state index in [4.69, 9.17) is 18.0 Å². The number of aryl methyl sites for hydroxylation is 1. The summed E-state index contributed by atoms with van der Waals surface area (Å²) in [6.07, 6.45) is 3.77. The van der Waals surface area contributed by atoms with E-state index in [1.165, 1.54) is 0 Å². The molecule has 1 amide bonds. The number of hydrogen-bond acceptors (Lipinski definition) is 3. The summed E-state index contributed by atoms with van der Waals surface area (Å²) in [4.78, 5) is 18.1. The van der Waals surface area contributed by atoms with Crippen molar-refractivity contribution in [3.63, 3.8) is 0 Å². The third-order valence-electron chi connectivity index (χ3n) is 2.63. The second-order valence-electron chi connectivity index (χ2n) is 4.03. The van der Waals surface area contributed by atoms with Crippen molar-refractivity contribution in [1.82, 2.24) is 14.5 Å². The molecule has 5 nitrogen and oxygen atoms in total. The average molecular weight is 329 g/mol. The number of unbranched alkanes of at least 4 members (excludes halogenated alkanes) is 1. The van der Waals surface area contributed by atoms with Crippen LogP contribution in [-0.2, 0) is 11.3 Å². The summed E-state index contributed by atoms with van der Waals surface area (Å²) >= 11 is 8.63. The average Bonchev–Trinajstić information content (AvgIpc) is 2.59. The number of primary amides is 1. The Kier molecular flexibility index (Phi) is 4.13. The van der Waals surface area contributed by atoms with Crippen LogP contribution >= 0.6 is 28.1 Å². The number of halogens is 1. The zero-order chi connectivity index (χ0) is 13.1. The maximum absolute atomic E-state index is 10.6. The van der Waals surface area contributed by atoms with Crippen molar-refractivity contribution in [2.45, 2.75) is 25.8 Å². The van der Waals surface area contributed by atoms with Crippen LogP contribution in [0.1, 0.15) is 19.3 Å². The van der Waals surface area contributed by atoms with Gasteiger partial charge in [0.2, 0.25) is 5.91 Å². The molecule has 0 saturated carbocycles. The van der Waals surface area contributed by atoms with E-state index >= 15 is 0 Å². The summed E-state index contributed by atoms with van der Waals surface area (Å²) in [6, 6.07) is 1.94. The third-order valence-corrected chi connectivity index (χ3v) is 3.39. The van der Waals surface area contributed by atoms with Crippen LogP contribution < -0.4 is 5.73 Å². The topological polar surface area (TPSA) is 76.7 Å². The second-order valence-corrected chi connectivity index (χ2v) is 5.33. The van der Waals surface area contributed by atoms with Crippen molar-refractivity contribution in [3.05, 3.63) is 21.5 Å². The number of carbonyl (C=O) groups is 1. The Hall–Kier alpha value is -1.21. The van der Waals surface area contributed by atoms with Gasteiger partial charge in [-0.05, 0) is 47.1 Å². The molecule has 96 valence electrons. The molecule has 0 aromatic carbocycles. The second kappa shape index (κ2) is 5.62. The van der Waals surface area contributed by atoms with E-state index in [2.05, 4.69) is 25.9 Å². The molecule has 0 saturated heterocycles. The molecule has 0 spiro atoms. The summed E-state index contributed by atoms with van der Waals surface area (Å²) in [7, 11) is 0. The van der Waals surface area contributed by atoms with Crippen molar-refractivity contribution in [1.29, 1.82) is 0 Å². The molecule has 2 rings (SSSR count). The van der Waals surface area contributed by atoms with Crippen molar-refractivity contribution in [2.75, 3.05) is 0 Å². The van der Waals surface area contributed by atoms with Crippen molar-refractivity contribution >= 4 is 45.2 Å². The number of H-pyrrole nitrogens is 1. The largest absolute Gasteiger partial charge is 0.370 e. The highest BCUT2D eigenvalue weighted by Crippen LogP contribution is 2.17. The third kappa shape index (κ3) is 2.97. The molecule has 2 aromatic rings. The number of aromatic nitrogens is 3. The van der Waals surface area contributed by atoms with E-state index in [1.54, 1.807) is 6.20 Å². The highest BCUT2D eigenvalue weighted by atomic mass is 79.9. The van der Waals surface area contributed by atoms with Crippen LogP contribution in [0.5, 0.6) is 0 Å². The first-order valence-corrected chi connectivity index (χ1v) is 6.80. The van der Waals surface area contributed by atoms with Gasteiger partial charge < -0.3 is 15.3 Å². The quantitative estimate of drug-likeness (QED) is 0.654. The Balaban J connectivity index is 2.15. The molecule has 2 heterocycles. The molecule has 0 aliphatic rings. The van der Waals surface area contributed by atoms with Gasteiger partial charge in [0.25, 0.3) is 0 Å². The molecule has 0 fully saturated rings. The fraction of sp³-hybridized carbons (Fsp3) is 0.364. The van der Waals surface area contributed by atoms with Gasteiger partial charge in [0.1, 0.15) is 0 Å². The number of hydrogen-bond donors (Lipinski definition) is 2. The van der Waals surface area contributed by atoms with E-state index in [9.17, 15) is 4.79 Å². The number of carbonyl (C=O) groups excluding carboxylic acids is 1. The predicted octanol–water partition coefficient (Wildman–Crippen LogP) is 2.51. The van der Waals surface area contributed by atoms with Gasteiger partial charge in [-0.1, -0.05) is 0 Å². The van der Waals surface area contributed by atoms with Gasteiger partial charge in [-0.15, -0.1) is 0 Å². The van der Waals surface area contributed by atoms with Crippen molar-refractivity contribution < 1.29 is 4.79 Å². The zero-order valence-electron chi connectivity index (χ0n) is 9.65. The number of aromatic amines is 1. The molecule has 0 aliphatic carbocycles. The number of rotatable bonds is 5. The SMILES string of the molecule is NC(=O)CCCCn1c(=S)[nH]c2cc(Br)cnc21. The van der Waals surface area contributed by atoms with Crippen molar-refractivity contribution in [3.8, 4) is 0 Å². The number of amides is 1. The van der Waals surface area contributed by atoms with E-state index in [0.29, 0.717) is 11.2 Å². The van der Waals surface area contributed by atoms with E-state index in [1.807, 2.05) is 10.6 Å². The molecule has 0 radical (unpaired) electrons. The van der Waals surface area contributed by atoms with E-state index in [-0.39, 0.29) is 5.91 Å². The lowest BCUT2D eigenvalue weighted by Gasteiger charge is -2.03. The molecule has 0 atom stereocenters. The van der Waals surface area contributed by atoms with Crippen LogP contribution in [0.4, 0.5) is 0 Å². The Bertz CT molecular complexity index is 633. The first-order chi connectivity index (χ1) is 8.58. The summed E-state index contributed by atoms with van der Waals surface area (Å²) in [5.41, 5.74) is 6.84. The first kappa shape index (κ1) is 13.2. The van der Waals surface area contributed by atoms with Crippen LogP contribution in [0, 0.1) is 4.77 Å². The van der Waals surface area contributed by atoms with Gasteiger partial charge in [-0.25, -0.2) is 4.98 Å². The fourth-order valence-corrected chi connectivity index (χ4v) is 2.41. The van der Waals surface area contributed by atoms with Crippen LogP contribution in [0.15, 0.2) is 16.7 Å². The molecular formula is C11H13BrN4OS. The summed E-state index contributed by atoms with van der Waals surface area (Å²) in [6.45, 7) is 0.737. The summed E-state index contributed by atoms with van der Waals surface area (Å²) in [5.74, 6) is -0.264. The molecule has 3 N–H and O–H groups in total. The van der Waals surface area contributed by atoms with E-state index < -0.39 is 0 Å². The van der Waals surface area contributed by atoms with Gasteiger partial charge in [-0.3, -0.25) is 4.79 Å². The molecule has 2 aromatic heterocycles. The number of imidazole rings is 1. The minimum atomic E-state index is -0.264. The Labute approximate surface area is 118 Å². The lowest BCUT2D eigenvalue weighted by atomic mass is 10.2. The van der Waals surface area contributed by atoms with E-state index in [0.717, 1.165) is 35.0 Å². The fourth-order valence-electron chi connectivity index (χ4n) is 1.79. The lowest BCUT2D eigenvalue weighted by Crippen LogP contribution is -2.10. The zero-order valence-corrected chi connectivity index (χ0v) is 12.1. The Morgan fingerprint density at radius 1 is 1.56 bits per heavy atom. The van der Waals surface area contributed by atoms with Gasteiger partial charge >= 0.3 is 0 Å². The van der Waals surface area contributed by atoms with Crippen LogP contribution in [0.3, 0.4) is 0 Å². The minimum Gasteiger partial charge on any atom is -0.370 e. The standard InChI is InChI=1S/C11H13BrN4OS/c12-7-5-8-10(14-6-7)16(11(18)15-8)4-2-1-3-9(13)17/h5-6H,1-4H2,(H2,13,17)(H,15,18). The van der Waals surface area contributed by atoms with Gasteiger partial charge in [-0.2, -0.15) is 0 Å². The van der Waals surface area contributed by atoms with Gasteiger partial charge in [0, 0.05) is 23.6 Å². The summed E-state index contributed by atoms with van der Waals surface area (Å²) in [5, 5.41) is 0. The molecule has 18 heavy (non-hydrogen) atoms. The number of nitrogens with two attached hydrogens (primary N) is 1. The number of fused-ring (bicyclic) bond motifs is 1. The minimum absolute atomic E-state index is 0.264.